The molecular weight excluding hydrogens is 240 g/mol. The lowest BCUT2D eigenvalue weighted by Crippen LogP contribution is -2.40. The topological polar surface area (TPSA) is 64.3 Å². The highest BCUT2D eigenvalue weighted by atomic mass is 16.5. The van der Waals surface area contributed by atoms with E-state index in [1.54, 1.807) is 18.2 Å². The second-order valence-electron chi connectivity index (χ2n) is 6.16. The summed E-state index contributed by atoms with van der Waals surface area (Å²) in [7, 11) is 0. The molecule has 0 heterocycles. The average molecular weight is 264 g/mol. The molecular formula is C15H24N2O2. The number of carbonyl (C=O) groups is 1. The third-order valence-electron chi connectivity index (χ3n) is 2.33. The van der Waals surface area contributed by atoms with E-state index in [0.29, 0.717) is 29.5 Å². The zero-order valence-corrected chi connectivity index (χ0v) is 12.4. The fraction of sp³-hybridized carbons (Fsp3) is 0.533. The van der Waals surface area contributed by atoms with Crippen LogP contribution in [0.1, 0.15) is 45.0 Å². The van der Waals surface area contributed by atoms with Crippen molar-refractivity contribution >= 4 is 11.6 Å². The maximum absolute atomic E-state index is 12.0. The maximum atomic E-state index is 12.0. The summed E-state index contributed by atoms with van der Waals surface area (Å²) in [5.41, 5.74) is 6.67. The first-order valence-corrected chi connectivity index (χ1v) is 6.54. The molecule has 0 atom stereocenters. The molecule has 0 unspecified atom stereocenters. The quantitative estimate of drug-likeness (QED) is 0.822. The van der Waals surface area contributed by atoms with Gasteiger partial charge >= 0.3 is 0 Å². The minimum Gasteiger partial charge on any atom is -0.491 e. The SMILES string of the molecule is CC(C)COc1ccc(C(=O)NC(C)(C)C)cc1N. The molecule has 0 radical (unpaired) electrons. The van der Waals surface area contributed by atoms with Gasteiger partial charge in [-0.05, 0) is 44.9 Å². The van der Waals surface area contributed by atoms with Gasteiger partial charge < -0.3 is 15.8 Å². The van der Waals surface area contributed by atoms with Gasteiger partial charge in [0.25, 0.3) is 5.91 Å². The lowest BCUT2D eigenvalue weighted by molar-refractivity contribution is 0.0919. The monoisotopic (exact) mass is 264 g/mol. The van der Waals surface area contributed by atoms with Gasteiger partial charge in [-0.3, -0.25) is 4.79 Å². The highest BCUT2D eigenvalue weighted by Gasteiger charge is 2.16. The number of nitrogen functional groups attached to an aromatic ring is 1. The van der Waals surface area contributed by atoms with Crippen molar-refractivity contribution < 1.29 is 9.53 Å². The highest BCUT2D eigenvalue weighted by Crippen LogP contribution is 2.23. The number of nitrogens with one attached hydrogen (secondary N) is 1. The number of anilines is 1. The van der Waals surface area contributed by atoms with Gasteiger partial charge in [-0.1, -0.05) is 13.8 Å². The Hall–Kier alpha value is -1.71. The normalized spacial score (nSPS) is 11.5. The van der Waals surface area contributed by atoms with Crippen LogP contribution in [-0.4, -0.2) is 18.1 Å². The van der Waals surface area contributed by atoms with Gasteiger partial charge in [0.1, 0.15) is 5.75 Å². The Morgan fingerprint density at radius 1 is 1.37 bits per heavy atom. The molecule has 4 nitrogen and oxygen atoms in total. The van der Waals surface area contributed by atoms with Crippen molar-refractivity contribution in [2.45, 2.75) is 40.2 Å². The summed E-state index contributed by atoms with van der Waals surface area (Å²) in [5, 5.41) is 2.90. The van der Waals surface area contributed by atoms with Crippen LogP contribution >= 0.6 is 0 Å². The maximum Gasteiger partial charge on any atom is 0.251 e. The third-order valence-corrected chi connectivity index (χ3v) is 2.33. The molecule has 19 heavy (non-hydrogen) atoms. The molecule has 3 N–H and O–H groups in total. The summed E-state index contributed by atoms with van der Waals surface area (Å²) in [5.74, 6) is 0.930. The second-order valence-corrected chi connectivity index (χ2v) is 6.16. The summed E-state index contributed by atoms with van der Waals surface area (Å²) in [4.78, 5) is 12.0. The van der Waals surface area contributed by atoms with E-state index in [1.165, 1.54) is 0 Å². The van der Waals surface area contributed by atoms with E-state index in [-0.39, 0.29) is 11.4 Å². The summed E-state index contributed by atoms with van der Waals surface area (Å²) >= 11 is 0. The zero-order chi connectivity index (χ0) is 14.6. The molecule has 0 saturated heterocycles. The molecule has 1 rings (SSSR count). The largest absolute Gasteiger partial charge is 0.491 e. The van der Waals surface area contributed by atoms with Crippen molar-refractivity contribution in [3.8, 4) is 5.75 Å². The molecule has 0 spiro atoms. The van der Waals surface area contributed by atoms with E-state index in [4.69, 9.17) is 10.5 Å². The van der Waals surface area contributed by atoms with Crippen LogP contribution in [0.3, 0.4) is 0 Å². The number of hydrogen-bond donors (Lipinski definition) is 2. The molecule has 4 heteroatoms. The molecule has 0 bridgehead atoms. The first-order chi connectivity index (χ1) is 8.69. The summed E-state index contributed by atoms with van der Waals surface area (Å²) < 4.78 is 5.58. The molecule has 1 amide bonds. The number of rotatable bonds is 4. The van der Waals surface area contributed by atoms with E-state index < -0.39 is 0 Å². The van der Waals surface area contributed by atoms with Crippen molar-refractivity contribution in [1.82, 2.24) is 5.32 Å². The van der Waals surface area contributed by atoms with E-state index in [0.717, 1.165) is 0 Å². The summed E-state index contributed by atoms with van der Waals surface area (Å²) in [6, 6.07) is 5.12. The molecule has 0 aliphatic heterocycles. The lowest BCUT2D eigenvalue weighted by Gasteiger charge is -2.20. The van der Waals surface area contributed by atoms with Crippen molar-refractivity contribution in [3.63, 3.8) is 0 Å². The van der Waals surface area contributed by atoms with Gasteiger partial charge in [-0.15, -0.1) is 0 Å². The van der Waals surface area contributed by atoms with Gasteiger partial charge in [-0.2, -0.15) is 0 Å². The molecule has 1 aromatic carbocycles. The lowest BCUT2D eigenvalue weighted by atomic mass is 10.1. The van der Waals surface area contributed by atoms with Crippen molar-refractivity contribution in [2.75, 3.05) is 12.3 Å². The van der Waals surface area contributed by atoms with Gasteiger partial charge in [0.15, 0.2) is 0 Å². The Bertz CT molecular complexity index is 448. The van der Waals surface area contributed by atoms with Crippen LogP contribution < -0.4 is 15.8 Å². The standard InChI is InChI=1S/C15H24N2O2/c1-10(2)9-19-13-7-6-11(8-12(13)16)14(18)17-15(3,4)5/h6-8,10H,9,16H2,1-5H3,(H,17,18). The Morgan fingerprint density at radius 3 is 2.47 bits per heavy atom. The number of benzene rings is 1. The molecule has 0 aromatic heterocycles. The third kappa shape index (κ3) is 5.20. The van der Waals surface area contributed by atoms with E-state index >= 15 is 0 Å². The fourth-order valence-electron chi connectivity index (χ4n) is 1.49. The minimum atomic E-state index is -0.265. The summed E-state index contributed by atoms with van der Waals surface area (Å²) in [6.07, 6.45) is 0. The molecule has 0 fully saturated rings. The Balaban J connectivity index is 2.79. The number of hydrogen-bond acceptors (Lipinski definition) is 3. The van der Waals surface area contributed by atoms with Crippen LogP contribution in [0.15, 0.2) is 18.2 Å². The second kappa shape index (κ2) is 5.95. The van der Waals surface area contributed by atoms with Crippen LogP contribution in [0.2, 0.25) is 0 Å². The molecule has 106 valence electrons. The number of nitrogens with two attached hydrogens (primary N) is 1. The Labute approximate surface area is 115 Å². The van der Waals surface area contributed by atoms with Crippen LogP contribution in [0.25, 0.3) is 0 Å². The summed E-state index contributed by atoms with van der Waals surface area (Å²) in [6.45, 7) is 10.6. The van der Waals surface area contributed by atoms with Gasteiger partial charge in [0, 0.05) is 11.1 Å². The highest BCUT2D eigenvalue weighted by molar-refractivity contribution is 5.95. The Kier molecular flexibility index (Phi) is 4.81. The van der Waals surface area contributed by atoms with Crippen molar-refractivity contribution in [2.24, 2.45) is 5.92 Å². The molecule has 0 aliphatic rings. The van der Waals surface area contributed by atoms with E-state index in [2.05, 4.69) is 19.2 Å². The smallest absolute Gasteiger partial charge is 0.251 e. The van der Waals surface area contributed by atoms with Gasteiger partial charge in [0.2, 0.25) is 0 Å². The predicted octanol–water partition coefficient (Wildman–Crippen LogP) is 2.83. The van der Waals surface area contributed by atoms with E-state index in [9.17, 15) is 4.79 Å². The van der Waals surface area contributed by atoms with E-state index in [1.807, 2.05) is 20.8 Å². The first kappa shape index (κ1) is 15.3. The van der Waals surface area contributed by atoms with Crippen LogP contribution in [0, 0.1) is 5.92 Å². The van der Waals surface area contributed by atoms with Gasteiger partial charge in [0.05, 0.1) is 12.3 Å². The predicted molar refractivity (Wildman–Crippen MR) is 78.4 cm³/mol. The molecule has 1 aromatic rings. The van der Waals surface area contributed by atoms with Crippen LogP contribution in [0.5, 0.6) is 5.75 Å². The Morgan fingerprint density at radius 2 is 2.00 bits per heavy atom. The number of ether oxygens (including phenoxy) is 1. The zero-order valence-electron chi connectivity index (χ0n) is 12.4. The van der Waals surface area contributed by atoms with Crippen molar-refractivity contribution in [1.29, 1.82) is 0 Å². The van der Waals surface area contributed by atoms with Crippen molar-refractivity contribution in [3.05, 3.63) is 23.8 Å². The first-order valence-electron chi connectivity index (χ1n) is 6.54. The average Bonchev–Trinajstić information content (AvgIpc) is 2.24. The molecule has 0 aliphatic carbocycles. The van der Waals surface area contributed by atoms with Gasteiger partial charge in [-0.25, -0.2) is 0 Å². The number of amides is 1. The van der Waals surface area contributed by atoms with Crippen LogP contribution in [-0.2, 0) is 0 Å². The fourth-order valence-corrected chi connectivity index (χ4v) is 1.49. The number of carbonyl (C=O) groups excluding carboxylic acids is 1. The minimum absolute atomic E-state index is 0.130. The van der Waals surface area contributed by atoms with Crippen LogP contribution in [0.4, 0.5) is 5.69 Å². The molecule has 0 saturated carbocycles.